The Morgan fingerprint density at radius 3 is 2.37 bits per heavy atom. The number of rotatable bonds is 6. The maximum atomic E-state index is 11.9. The molecule has 5 nitrogen and oxygen atoms in total. The maximum Gasteiger partial charge on any atom is 0.305 e. The van der Waals surface area contributed by atoms with Gasteiger partial charge in [0.15, 0.2) is 0 Å². The molecule has 19 heavy (non-hydrogen) atoms. The molecule has 0 saturated carbocycles. The number of carbonyl (C=O) groups excluding carboxylic acids is 1. The number of carboxylic acids is 1. The molecular formula is C14H20N2O3. The van der Waals surface area contributed by atoms with Gasteiger partial charge in [-0.15, -0.1) is 0 Å². The highest BCUT2D eigenvalue weighted by Gasteiger charge is 2.23. The first-order valence-corrected chi connectivity index (χ1v) is 6.14. The quantitative estimate of drug-likeness (QED) is 0.716. The van der Waals surface area contributed by atoms with Crippen LogP contribution in [0.15, 0.2) is 24.3 Å². The molecule has 1 aromatic rings. The Morgan fingerprint density at radius 1 is 1.26 bits per heavy atom. The van der Waals surface area contributed by atoms with E-state index >= 15 is 0 Å². The molecule has 0 spiro atoms. The third kappa shape index (κ3) is 5.09. The highest BCUT2D eigenvalue weighted by atomic mass is 16.4. The van der Waals surface area contributed by atoms with Gasteiger partial charge >= 0.3 is 5.97 Å². The molecule has 0 aromatic heterocycles. The van der Waals surface area contributed by atoms with Crippen molar-refractivity contribution in [1.29, 1.82) is 0 Å². The van der Waals surface area contributed by atoms with Crippen LogP contribution in [0.5, 0.6) is 0 Å². The van der Waals surface area contributed by atoms with Crippen molar-refractivity contribution in [2.24, 2.45) is 5.73 Å². The zero-order chi connectivity index (χ0) is 14.5. The Hall–Kier alpha value is -1.88. The molecule has 1 amide bonds. The van der Waals surface area contributed by atoms with Gasteiger partial charge in [-0.25, -0.2) is 0 Å². The van der Waals surface area contributed by atoms with Crippen LogP contribution in [0.1, 0.15) is 31.4 Å². The molecule has 0 radical (unpaired) electrons. The summed E-state index contributed by atoms with van der Waals surface area (Å²) >= 11 is 0. The molecule has 0 aliphatic heterocycles. The summed E-state index contributed by atoms with van der Waals surface area (Å²) in [6.45, 7) is 3.75. The molecule has 1 rings (SSSR count). The van der Waals surface area contributed by atoms with E-state index in [2.05, 4.69) is 5.32 Å². The minimum absolute atomic E-state index is 0.114. The normalized spacial score (nSPS) is 11.1. The summed E-state index contributed by atoms with van der Waals surface area (Å²) in [5.41, 5.74) is 6.64. The Labute approximate surface area is 112 Å². The van der Waals surface area contributed by atoms with Gasteiger partial charge in [0.05, 0.1) is 12.8 Å². The van der Waals surface area contributed by atoms with E-state index in [0.29, 0.717) is 6.54 Å². The molecule has 4 N–H and O–H groups in total. The fourth-order valence-corrected chi connectivity index (χ4v) is 1.95. The van der Waals surface area contributed by atoms with Crippen LogP contribution in [0.2, 0.25) is 0 Å². The predicted molar refractivity (Wildman–Crippen MR) is 72.5 cm³/mol. The monoisotopic (exact) mass is 264 g/mol. The van der Waals surface area contributed by atoms with E-state index in [1.807, 2.05) is 24.3 Å². The second-order valence-corrected chi connectivity index (χ2v) is 5.15. The van der Waals surface area contributed by atoms with Crippen molar-refractivity contribution in [2.45, 2.75) is 38.8 Å². The minimum atomic E-state index is -0.937. The highest BCUT2D eigenvalue weighted by molar-refractivity contribution is 5.80. The first-order chi connectivity index (χ1) is 8.84. The third-order valence-corrected chi connectivity index (χ3v) is 2.76. The van der Waals surface area contributed by atoms with Crippen molar-refractivity contribution in [1.82, 2.24) is 5.32 Å². The maximum absolute atomic E-state index is 11.9. The summed E-state index contributed by atoms with van der Waals surface area (Å²) in [7, 11) is 0. The summed E-state index contributed by atoms with van der Waals surface area (Å²) < 4.78 is 0. The summed E-state index contributed by atoms with van der Waals surface area (Å²) in [5.74, 6) is -1.14. The van der Waals surface area contributed by atoms with E-state index in [0.717, 1.165) is 11.1 Å². The number of hydrogen-bond acceptors (Lipinski definition) is 3. The summed E-state index contributed by atoms with van der Waals surface area (Å²) in [6.07, 6.45) is 0.0910. The Morgan fingerprint density at radius 2 is 1.84 bits per heavy atom. The molecule has 0 saturated heterocycles. The Bertz CT molecular complexity index is 470. The number of nitrogens with one attached hydrogen (secondary N) is 1. The van der Waals surface area contributed by atoms with Crippen LogP contribution in [0.3, 0.4) is 0 Å². The molecule has 0 bridgehead atoms. The van der Waals surface area contributed by atoms with Gasteiger partial charge < -0.3 is 16.2 Å². The molecule has 104 valence electrons. The number of carboxylic acid groups (broad SMARTS) is 1. The van der Waals surface area contributed by atoms with E-state index in [1.54, 1.807) is 13.8 Å². The Kier molecular flexibility index (Phi) is 5.06. The smallest absolute Gasteiger partial charge is 0.305 e. The molecular weight excluding hydrogens is 244 g/mol. The number of hydrogen-bond donors (Lipinski definition) is 3. The largest absolute Gasteiger partial charge is 0.481 e. The number of aliphatic carboxylic acids is 1. The summed E-state index contributed by atoms with van der Waals surface area (Å²) in [6, 6.07) is 7.46. The van der Waals surface area contributed by atoms with Gasteiger partial charge in [-0.1, -0.05) is 24.3 Å². The summed E-state index contributed by atoms with van der Waals surface area (Å²) in [5, 5.41) is 11.5. The van der Waals surface area contributed by atoms with Crippen molar-refractivity contribution in [3.8, 4) is 0 Å². The lowest BCUT2D eigenvalue weighted by Crippen LogP contribution is -2.45. The highest BCUT2D eigenvalue weighted by Crippen LogP contribution is 2.11. The third-order valence-electron chi connectivity index (χ3n) is 2.76. The standard InChI is InChI=1S/C14H20N2O3/c1-14(2,8-13(18)19)16-12(17)7-10-5-3-4-6-11(10)9-15/h3-6H,7-9,15H2,1-2H3,(H,16,17)(H,18,19). The van der Waals surface area contributed by atoms with Gasteiger partial charge in [-0.05, 0) is 25.0 Å². The van der Waals surface area contributed by atoms with E-state index in [1.165, 1.54) is 0 Å². The molecule has 1 aromatic carbocycles. The van der Waals surface area contributed by atoms with Crippen LogP contribution in [0.25, 0.3) is 0 Å². The number of benzene rings is 1. The van der Waals surface area contributed by atoms with Gasteiger partial charge in [-0.3, -0.25) is 9.59 Å². The van der Waals surface area contributed by atoms with Crippen molar-refractivity contribution in [3.05, 3.63) is 35.4 Å². The SMILES string of the molecule is CC(C)(CC(=O)O)NC(=O)Cc1ccccc1CN. The van der Waals surface area contributed by atoms with Crippen LogP contribution in [0.4, 0.5) is 0 Å². The number of carbonyl (C=O) groups is 2. The van der Waals surface area contributed by atoms with Gasteiger partial charge in [0.25, 0.3) is 0 Å². The van der Waals surface area contributed by atoms with E-state index in [-0.39, 0.29) is 18.7 Å². The first kappa shape index (κ1) is 15.2. The van der Waals surface area contributed by atoms with Crippen LogP contribution in [0, 0.1) is 0 Å². The van der Waals surface area contributed by atoms with E-state index < -0.39 is 11.5 Å². The zero-order valence-corrected chi connectivity index (χ0v) is 11.3. The van der Waals surface area contributed by atoms with E-state index in [4.69, 9.17) is 10.8 Å². The topological polar surface area (TPSA) is 92.4 Å². The lowest BCUT2D eigenvalue weighted by Gasteiger charge is -2.24. The first-order valence-electron chi connectivity index (χ1n) is 6.14. The second kappa shape index (κ2) is 6.33. The molecule has 0 atom stereocenters. The molecule has 0 aliphatic rings. The van der Waals surface area contributed by atoms with E-state index in [9.17, 15) is 9.59 Å². The fourth-order valence-electron chi connectivity index (χ4n) is 1.95. The zero-order valence-electron chi connectivity index (χ0n) is 11.3. The molecule has 0 heterocycles. The van der Waals surface area contributed by atoms with Crippen LogP contribution >= 0.6 is 0 Å². The Balaban J connectivity index is 2.67. The van der Waals surface area contributed by atoms with Crippen molar-refractivity contribution in [3.63, 3.8) is 0 Å². The average Bonchev–Trinajstić information content (AvgIpc) is 2.26. The molecule has 0 aliphatic carbocycles. The van der Waals surface area contributed by atoms with Crippen molar-refractivity contribution < 1.29 is 14.7 Å². The number of nitrogens with two attached hydrogens (primary N) is 1. The predicted octanol–water partition coefficient (Wildman–Crippen LogP) is 1.06. The lowest BCUT2D eigenvalue weighted by molar-refractivity contribution is -0.138. The average molecular weight is 264 g/mol. The van der Waals surface area contributed by atoms with Crippen LogP contribution in [-0.2, 0) is 22.6 Å². The second-order valence-electron chi connectivity index (χ2n) is 5.15. The van der Waals surface area contributed by atoms with Crippen LogP contribution in [-0.4, -0.2) is 22.5 Å². The van der Waals surface area contributed by atoms with Gasteiger partial charge in [-0.2, -0.15) is 0 Å². The van der Waals surface area contributed by atoms with Crippen molar-refractivity contribution >= 4 is 11.9 Å². The summed E-state index contributed by atoms with van der Waals surface area (Å²) in [4.78, 5) is 22.6. The fraction of sp³-hybridized carbons (Fsp3) is 0.429. The van der Waals surface area contributed by atoms with Gasteiger partial charge in [0, 0.05) is 12.1 Å². The molecule has 0 unspecified atom stereocenters. The van der Waals surface area contributed by atoms with Crippen molar-refractivity contribution in [2.75, 3.05) is 0 Å². The lowest BCUT2D eigenvalue weighted by atomic mass is 9.99. The molecule has 0 fully saturated rings. The molecule has 5 heteroatoms. The number of amides is 1. The van der Waals surface area contributed by atoms with Crippen LogP contribution < -0.4 is 11.1 Å². The van der Waals surface area contributed by atoms with Gasteiger partial charge in [0.1, 0.15) is 0 Å². The van der Waals surface area contributed by atoms with Gasteiger partial charge in [0.2, 0.25) is 5.91 Å². The minimum Gasteiger partial charge on any atom is -0.481 e.